The first-order valence-electron chi connectivity index (χ1n) is 4.21. The van der Waals surface area contributed by atoms with Crippen LogP contribution in [0.4, 0.5) is 4.39 Å². The molecule has 0 fully saturated rings. The van der Waals surface area contributed by atoms with Gasteiger partial charge in [-0.2, -0.15) is 0 Å². The third kappa shape index (κ3) is 2.23. The first-order chi connectivity index (χ1) is 6.20. The molecule has 0 amide bonds. The van der Waals surface area contributed by atoms with Gasteiger partial charge in [0.15, 0.2) is 0 Å². The molecule has 1 rings (SSSR count). The molecule has 3 heteroatoms. The van der Waals surface area contributed by atoms with E-state index in [-0.39, 0.29) is 5.82 Å². The molecule has 13 heavy (non-hydrogen) atoms. The van der Waals surface area contributed by atoms with Gasteiger partial charge >= 0.3 is 0 Å². The standard InChI is InChI=1S/C10H13FOS/c1-3-8(12)10-7(11)5-4-6-9(10)13-2/h4-6,8,12H,3H2,1-2H3/t8-/m1/s1. The van der Waals surface area contributed by atoms with E-state index in [1.165, 1.54) is 17.8 Å². The maximum atomic E-state index is 13.3. The molecule has 1 aromatic carbocycles. The van der Waals surface area contributed by atoms with Gasteiger partial charge in [-0.25, -0.2) is 4.39 Å². The molecule has 1 atom stereocenters. The van der Waals surface area contributed by atoms with Crippen molar-refractivity contribution < 1.29 is 9.50 Å². The topological polar surface area (TPSA) is 20.2 Å². The Bertz CT molecular complexity index is 288. The van der Waals surface area contributed by atoms with Gasteiger partial charge in [0.2, 0.25) is 0 Å². The van der Waals surface area contributed by atoms with Gasteiger partial charge in [-0.1, -0.05) is 13.0 Å². The van der Waals surface area contributed by atoms with Crippen LogP contribution in [0.3, 0.4) is 0 Å². The molecule has 1 N–H and O–H groups in total. The van der Waals surface area contributed by atoms with Gasteiger partial charge in [0, 0.05) is 10.5 Å². The lowest BCUT2D eigenvalue weighted by Crippen LogP contribution is -2.01. The summed E-state index contributed by atoms with van der Waals surface area (Å²) in [5, 5.41) is 9.57. The lowest BCUT2D eigenvalue weighted by Gasteiger charge is -2.13. The summed E-state index contributed by atoms with van der Waals surface area (Å²) < 4.78 is 13.3. The summed E-state index contributed by atoms with van der Waals surface area (Å²) in [7, 11) is 0. The number of hydrogen-bond donors (Lipinski definition) is 1. The van der Waals surface area contributed by atoms with Crippen molar-refractivity contribution in [1.82, 2.24) is 0 Å². The number of thioether (sulfide) groups is 1. The fourth-order valence-electron chi connectivity index (χ4n) is 1.22. The van der Waals surface area contributed by atoms with Crippen molar-refractivity contribution in [2.45, 2.75) is 24.3 Å². The van der Waals surface area contributed by atoms with E-state index in [1.807, 2.05) is 19.2 Å². The zero-order valence-electron chi connectivity index (χ0n) is 7.75. The minimum Gasteiger partial charge on any atom is -0.388 e. The molecule has 1 nitrogen and oxygen atoms in total. The fourth-order valence-corrected chi connectivity index (χ4v) is 1.89. The average Bonchev–Trinajstić information content (AvgIpc) is 2.16. The average molecular weight is 200 g/mol. The molecular formula is C10H13FOS. The van der Waals surface area contributed by atoms with E-state index in [9.17, 15) is 9.50 Å². The van der Waals surface area contributed by atoms with Crippen molar-refractivity contribution in [3.63, 3.8) is 0 Å². The van der Waals surface area contributed by atoms with Crippen LogP contribution in [0.2, 0.25) is 0 Å². The normalized spacial score (nSPS) is 12.9. The Labute approximate surface area is 82.0 Å². The minimum absolute atomic E-state index is 0.318. The van der Waals surface area contributed by atoms with Crippen LogP contribution in [-0.4, -0.2) is 11.4 Å². The van der Waals surface area contributed by atoms with Crippen LogP contribution in [0, 0.1) is 5.82 Å². The van der Waals surface area contributed by atoms with Crippen molar-refractivity contribution in [2.24, 2.45) is 0 Å². The third-order valence-corrected chi connectivity index (χ3v) is 2.75. The monoisotopic (exact) mass is 200 g/mol. The van der Waals surface area contributed by atoms with Crippen molar-refractivity contribution in [3.8, 4) is 0 Å². The van der Waals surface area contributed by atoms with E-state index in [0.29, 0.717) is 12.0 Å². The summed E-state index contributed by atoms with van der Waals surface area (Å²) in [4.78, 5) is 0.814. The van der Waals surface area contributed by atoms with E-state index < -0.39 is 6.10 Å². The van der Waals surface area contributed by atoms with Gasteiger partial charge in [0.1, 0.15) is 5.82 Å². The molecule has 0 saturated carbocycles. The third-order valence-electron chi connectivity index (χ3n) is 1.95. The number of rotatable bonds is 3. The second-order valence-corrected chi connectivity index (χ2v) is 3.63. The molecule has 0 heterocycles. The van der Waals surface area contributed by atoms with Crippen molar-refractivity contribution in [1.29, 1.82) is 0 Å². The first-order valence-corrected chi connectivity index (χ1v) is 5.43. The summed E-state index contributed by atoms with van der Waals surface area (Å²) in [5.41, 5.74) is 0.428. The fraction of sp³-hybridized carbons (Fsp3) is 0.400. The maximum Gasteiger partial charge on any atom is 0.130 e. The Kier molecular flexibility index (Phi) is 3.75. The first kappa shape index (κ1) is 10.5. The van der Waals surface area contributed by atoms with Crippen LogP contribution < -0.4 is 0 Å². The molecule has 0 bridgehead atoms. The van der Waals surface area contributed by atoms with Crippen LogP contribution >= 0.6 is 11.8 Å². The van der Waals surface area contributed by atoms with Crippen molar-refractivity contribution in [2.75, 3.05) is 6.26 Å². The van der Waals surface area contributed by atoms with Crippen LogP contribution in [-0.2, 0) is 0 Å². The van der Waals surface area contributed by atoms with Gasteiger partial charge in [-0.05, 0) is 24.8 Å². The second kappa shape index (κ2) is 4.63. The molecule has 0 aliphatic heterocycles. The highest BCUT2D eigenvalue weighted by Crippen LogP contribution is 2.29. The number of benzene rings is 1. The van der Waals surface area contributed by atoms with Crippen LogP contribution in [0.5, 0.6) is 0 Å². The molecule has 0 unspecified atom stereocenters. The summed E-state index contributed by atoms with van der Waals surface area (Å²) >= 11 is 1.45. The summed E-state index contributed by atoms with van der Waals surface area (Å²) in [5.74, 6) is -0.318. The predicted molar refractivity (Wildman–Crippen MR) is 53.4 cm³/mol. The minimum atomic E-state index is -0.691. The number of aliphatic hydroxyl groups is 1. The zero-order chi connectivity index (χ0) is 9.84. The van der Waals surface area contributed by atoms with Crippen LogP contribution in [0.25, 0.3) is 0 Å². The maximum absolute atomic E-state index is 13.3. The second-order valence-electron chi connectivity index (χ2n) is 2.78. The number of hydrogen-bond acceptors (Lipinski definition) is 2. The molecule has 0 aliphatic carbocycles. The molecule has 0 aromatic heterocycles. The van der Waals surface area contributed by atoms with Gasteiger partial charge < -0.3 is 5.11 Å². The Morgan fingerprint density at radius 1 is 1.54 bits per heavy atom. The van der Waals surface area contributed by atoms with Gasteiger partial charge in [0.25, 0.3) is 0 Å². The SMILES string of the molecule is CC[C@@H](O)c1c(F)cccc1SC. The summed E-state index contributed by atoms with van der Waals surface area (Å²) in [6.45, 7) is 1.83. The van der Waals surface area contributed by atoms with E-state index in [1.54, 1.807) is 6.07 Å². The Morgan fingerprint density at radius 3 is 2.77 bits per heavy atom. The van der Waals surface area contributed by atoms with E-state index >= 15 is 0 Å². The number of aliphatic hydroxyl groups excluding tert-OH is 1. The lowest BCUT2D eigenvalue weighted by atomic mass is 10.1. The molecule has 0 saturated heterocycles. The molecule has 72 valence electrons. The van der Waals surface area contributed by atoms with Crippen molar-refractivity contribution >= 4 is 11.8 Å². The largest absolute Gasteiger partial charge is 0.388 e. The molecule has 1 aromatic rings. The lowest BCUT2D eigenvalue weighted by molar-refractivity contribution is 0.166. The van der Waals surface area contributed by atoms with Gasteiger partial charge in [-0.3, -0.25) is 0 Å². The van der Waals surface area contributed by atoms with Crippen LogP contribution in [0.15, 0.2) is 23.1 Å². The number of halogens is 1. The van der Waals surface area contributed by atoms with E-state index in [4.69, 9.17) is 0 Å². The van der Waals surface area contributed by atoms with Gasteiger partial charge in [0.05, 0.1) is 6.10 Å². The Balaban J connectivity index is 3.14. The van der Waals surface area contributed by atoms with Crippen molar-refractivity contribution in [3.05, 3.63) is 29.6 Å². The Morgan fingerprint density at radius 2 is 2.23 bits per heavy atom. The highest BCUT2D eigenvalue weighted by atomic mass is 32.2. The summed E-state index contributed by atoms with van der Waals surface area (Å²) in [6, 6.07) is 4.86. The van der Waals surface area contributed by atoms with E-state index in [2.05, 4.69) is 0 Å². The zero-order valence-corrected chi connectivity index (χ0v) is 8.57. The molecular weight excluding hydrogens is 187 g/mol. The quantitative estimate of drug-likeness (QED) is 0.757. The smallest absolute Gasteiger partial charge is 0.130 e. The molecule has 0 aliphatic rings. The van der Waals surface area contributed by atoms with Gasteiger partial charge in [-0.15, -0.1) is 11.8 Å². The van der Waals surface area contributed by atoms with E-state index in [0.717, 1.165) is 4.90 Å². The molecule has 0 radical (unpaired) electrons. The summed E-state index contributed by atoms with van der Waals surface area (Å²) in [6.07, 6.45) is 1.72. The van der Waals surface area contributed by atoms with Crippen LogP contribution in [0.1, 0.15) is 25.0 Å². The molecule has 0 spiro atoms. The highest BCUT2D eigenvalue weighted by molar-refractivity contribution is 7.98. The predicted octanol–water partition coefficient (Wildman–Crippen LogP) is 2.99. The Hall–Kier alpha value is -0.540. The highest BCUT2D eigenvalue weighted by Gasteiger charge is 2.14.